The fourth-order valence-corrected chi connectivity index (χ4v) is 5.03. The number of benzene rings is 1. The van der Waals surface area contributed by atoms with Gasteiger partial charge in [0.15, 0.2) is 0 Å². The highest BCUT2D eigenvalue weighted by atomic mass is 32.2. The van der Waals surface area contributed by atoms with E-state index >= 15 is 0 Å². The van der Waals surface area contributed by atoms with E-state index in [0.717, 1.165) is 18.4 Å². The number of aliphatic carboxylic acids is 1. The van der Waals surface area contributed by atoms with Gasteiger partial charge in [-0.1, -0.05) is 67.8 Å². The van der Waals surface area contributed by atoms with Gasteiger partial charge in [0.2, 0.25) is 5.89 Å². The van der Waals surface area contributed by atoms with Crippen LogP contribution in [-0.2, 0) is 14.8 Å². The first-order chi connectivity index (χ1) is 15.2. The molecule has 2 aromatic rings. The molecule has 1 amide bonds. The second kappa shape index (κ2) is 10.7. The first kappa shape index (κ1) is 23.9. The number of aryl methyl sites for hydroxylation is 1. The molecule has 1 aromatic carbocycles. The van der Waals surface area contributed by atoms with Crippen molar-refractivity contribution in [2.75, 3.05) is 0 Å². The van der Waals surface area contributed by atoms with Gasteiger partial charge in [0.25, 0.3) is 15.8 Å². The average molecular weight is 463 g/mol. The SMILES string of the molecule is Cc1ccc(S(=O)(=O)NC(=O)c2noc([C@H](CCCC3CCCCC3)CC(=O)[O-])n2)cc1. The molecule has 3 rings (SSSR count). The van der Waals surface area contributed by atoms with Gasteiger partial charge >= 0.3 is 5.91 Å². The third-order valence-electron chi connectivity index (χ3n) is 5.86. The number of aromatic nitrogens is 2. The minimum absolute atomic E-state index is 0.00396. The zero-order valence-corrected chi connectivity index (χ0v) is 18.9. The molecular weight excluding hydrogens is 434 g/mol. The number of carbonyl (C=O) groups excluding carboxylic acids is 2. The molecule has 1 aliphatic carbocycles. The van der Waals surface area contributed by atoms with Crippen LogP contribution in [-0.4, -0.2) is 30.4 Å². The number of nitrogens with zero attached hydrogens (tertiary/aromatic N) is 2. The van der Waals surface area contributed by atoms with Crippen molar-refractivity contribution in [3.63, 3.8) is 0 Å². The number of carboxylic acid groups (broad SMARTS) is 1. The van der Waals surface area contributed by atoms with E-state index in [1.165, 1.54) is 44.2 Å². The van der Waals surface area contributed by atoms with Gasteiger partial charge in [-0.25, -0.2) is 13.1 Å². The highest BCUT2D eigenvalue weighted by molar-refractivity contribution is 7.90. The Morgan fingerprint density at radius 2 is 1.88 bits per heavy atom. The van der Waals surface area contributed by atoms with Crippen LogP contribution < -0.4 is 9.83 Å². The topological polar surface area (TPSA) is 142 Å². The second-order valence-corrected chi connectivity index (χ2v) is 10.1. The summed E-state index contributed by atoms with van der Waals surface area (Å²) >= 11 is 0. The molecule has 1 aromatic heterocycles. The van der Waals surface area contributed by atoms with E-state index in [1.54, 1.807) is 12.1 Å². The fraction of sp³-hybridized carbons (Fsp3) is 0.545. The molecule has 174 valence electrons. The van der Waals surface area contributed by atoms with Crippen LogP contribution >= 0.6 is 0 Å². The van der Waals surface area contributed by atoms with Crippen LogP contribution in [0.3, 0.4) is 0 Å². The van der Waals surface area contributed by atoms with Crippen molar-refractivity contribution in [3.05, 3.63) is 41.5 Å². The van der Waals surface area contributed by atoms with Crippen molar-refractivity contribution in [1.82, 2.24) is 14.9 Å². The quantitative estimate of drug-likeness (QED) is 0.567. The van der Waals surface area contributed by atoms with Crippen LogP contribution in [0.4, 0.5) is 0 Å². The highest BCUT2D eigenvalue weighted by Gasteiger charge is 2.26. The maximum absolute atomic E-state index is 12.4. The zero-order valence-electron chi connectivity index (χ0n) is 18.1. The molecule has 1 fully saturated rings. The maximum Gasteiger partial charge on any atom is 0.306 e. The van der Waals surface area contributed by atoms with Crippen molar-refractivity contribution in [3.8, 4) is 0 Å². The lowest BCUT2D eigenvalue weighted by Crippen LogP contribution is -2.31. The van der Waals surface area contributed by atoms with Crippen molar-refractivity contribution in [2.45, 2.75) is 75.5 Å². The first-order valence-electron chi connectivity index (χ1n) is 10.9. The Labute approximate surface area is 187 Å². The molecule has 1 saturated carbocycles. The van der Waals surface area contributed by atoms with E-state index in [-0.39, 0.29) is 17.2 Å². The average Bonchev–Trinajstić information content (AvgIpc) is 3.24. The summed E-state index contributed by atoms with van der Waals surface area (Å²) < 4.78 is 31.8. The number of sulfonamides is 1. The van der Waals surface area contributed by atoms with Gasteiger partial charge in [0.1, 0.15) is 0 Å². The molecular formula is C22H28N3O6S-. The normalized spacial score (nSPS) is 15.9. The maximum atomic E-state index is 12.4. The molecule has 0 spiro atoms. The number of carboxylic acids is 1. The van der Waals surface area contributed by atoms with Gasteiger partial charge in [-0.2, -0.15) is 4.98 Å². The van der Waals surface area contributed by atoms with E-state index in [1.807, 2.05) is 11.6 Å². The van der Waals surface area contributed by atoms with E-state index < -0.39 is 33.6 Å². The molecule has 0 aliphatic heterocycles. The van der Waals surface area contributed by atoms with E-state index in [0.29, 0.717) is 12.3 Å². The summed E-state index contributed by atoms with van der Waals surface area (Å²) in [5.74, 6) is -2.70. The Kier molecular flexibility index (Phi) is 8.00. The van der Waals surface area contributed by atoms with E-state index in [2.05, 4.69) is 10.1 Å². The number of nitrogens with one attached hydrogen (secondary N) is 1. The molecule has 32 heavy (non-hydrogen) atoms. The van der Waals surface area contributed by atoms with Gasteiger partial charge in [0.05, 0.1) is 4.90 Å². The number of hydrogen-bond acceptors (Lipinski definition) is 8. The Bertz CT molecular complexity index is 1030. The van der Waals surface area contributed by atoms with Crippen LogP contribution in [0.1, 0.15) is 85.8 Å². The molecule has 1 aliphatic rings. The van der Waals surface area contributed by atoms with Gasteiger partial charge in [-0.15, -0.1) is 0 Å². The van der Waals surface area contributed by atoms with Crippen molar-refractivity contribution in [2.24, 2.45) is 5.92 Å². The Balaban J connectivity index is 1.64. The number of amides is 1. The first-order valence-corrected chi connectivity index (χ1v) is 12.4. The van der Waals surface area contributed by atoms with Crippen LogP contribution in [0.5, 0.6) is 0 Å². The summed E-state index contributed by atoms with van der Waals surface area (Å²) in [6.45, 7) is 1.81. The number of rotatable bonds is 10. The molecule has 0 radical (unpaired) electrons. The predicted octanol–water partition coefficient (Wildman–Crippen LogP) is 2.47. The summed E-state index contributed by atoms with van der Waals surface area (Å²) in [4.78, 5) is 27.5. The van der Waals surface area contributed by atoms with Gasteiger partial charge < -0.3 is 14.4 Å². The van der Waals surface area contributed by atoms with Crippen molar-refractivity contribution in [1.29, 1.82) is 0 Å². The largest absolute Gasteiger partial charge is 0.550 e. The second-order valence-electron chi connectivity index (χ2n) is 8.41. The third-order valence-corrected chi connectivity index (χ3v) is 7.20. The summed E-state index contributed by atoms with van der Waals surface area (Å²) in [5.41, 5.74) is 0.875. The highest BCUT2D eigenvalue weighted by Crippen LogP contribution is 2.31. The summed E-state index contributed by atoms with van der Waals surface area (Å²) in [7, 11) is -4.11. The zero-order chi connectivity index (χ0) is 23.1. The molecule has 0 saturated heterocycles. The molecule has 1 heterocycles. The lowest BCUT2D eigenvalue weighted by molar-refractivity contribution is -0.306. The summed E-state index contributed by atoms with van der Waals surface area (Å²) in [5, 5.41) is 14.8. The minimum Gasteiger partial charge on any atom is -0.550 e. The van der Waals surface area contributed by atoms with Gasteiger partial charge in [-0.3, -0.25) is 4.79 Å². The summed E-state index contributed by atoms with van der Waals surface area (Å²) in [6, 6.07) is 6.00. The molecule has 0 bridgehead atoms. The molecule has 1 atom stereocenters. The van der Waals surface area contributed by atoms with E-state index in [9.17, 15) is 23.1 Å². The Hall–Kier alpha value is -2.75. The Morgan fingerprint density at radius 1 is 1.19 bits per heavy atom. The van der Waals surface area contributed by atoms with Gasteiger partial charge in [-0.05, 0) is 37.8 Å². The smallest absolute Gasteiger partial charge is 0.306 e. The van der Waals surface area contributed by atoms with Gasteiger partial charge in [0, 0.05) is 11.9 Å². The Morgan fingerprint density at radius 3 is 2.53 bits per heavy atom. The van der Waals surface area contributed by atoms with Crippen LogP contribution in [0.2, 0.25) is 0 Å². The molecule has 10 heteroatoms. The lowest BCUT2D eigenvalue weighted by atomic mass is 9.84. The third kappa shape index (κ3) is 6.62. The van der Waals surface area contributed by atoms with Crippen LogP contribution in [0.15, 0.2) is 33.7 Å². The molecule has 0 unspecified atom stereocenters. The minimum atomic E-state index is -4.11. The van der Waals surface area contributed by atoms with Crippen molar-refractivity contribution >= 4 is 21.9 Å². The lowest BCUT2D eigenvalue weighted by Gasteiger charge is -2.22. The monoisotopic (exact) mass is 462 g/mol. The standard InChI is InChI=1S/C22H29N3O6S/c1-15-10-12-18(13-11-15)32(29,30)25-21(28)20-23-22(31-24-20)17(14-19(26)27)9-5-8-16-6-3-2-4-7-16/h10-13,16-17H,2-9,14H2,1H3,(H,25,28)(H,26,27)/p-1/t17-/m1/s1. The predicted molar refractivity (Wildman–Crippen MR) is 113 cm³/mol. The summed E-state index contributed by atoms with van der Waals surface area (Å²) in [6.07, 6.45) is 8.15. The number of carbonyl (C=O) groups is 2. The van der Waals surface area contributed by atoms with Crippen LogP contribution in [0.25, 0.3) is 0 Å². The van der Waals surface area contributed by atoms with Crippen LogP contribution in [0, 0.1) is 12.8 Å². The number of hydrogen-bond donors (Lipinski definition) is 1. The molecule has 1 N–H and O–H groups in total. The fourth-order valence-electron chi connectivity index (χ4n) is 4.08. The van der Waals surface area contributed by atoms with E-state index in [4.69, 9.17) is 4.52 Å². The van der Waals surface area contributed by atoms with Crippen molar-refractivity contribution < 1.29 is 27.6 Å². The molecule has 9 nitrogen and oxygen atoms in total.